The van der Waals surface area contributed by atoms with Gasteiger partial charge in [-0.1, -0.05) is 123 Å². The van der Waals surface area contributed by atoms with E-state index in [0.29, 0.717) is 23.9 Å². The van der Waals surface area contributed by atoms with Gasteiger partial charge in [-0.3, -0.25) is 13.8 Å². The average Bonchev–Trinajstić information content (AvgIpc) is 2.88. The lowest BCUT2D eigenvalue weighted by Gasteiger charge is -2.26. The van der Waals surface area contributed by atoms with Crippen LogP contribution in [-0.4, -0.2) is 73.4 Å². The van der Waals surface area contributed by atoms with Gasteiger partial charge in [0.1, 0.15) is 13.2 Å². The minimum atomic E-state index is -4.28. The quantitative estimate of drug-likeness (QED) is 0.0471. The summed E-state index contributed by atoms with van der Waals surface area (Å²) in [7, 11) is 1.61. The predicted octanol–water partition coefficient (Wildman–Crippen LogP) is 7.51. The van der Waals surface area contributed by atoms with Crippen LogP contribution in [0.15, 0.2) is 0 Å². The van der Waals surface area contributed by atoms with Crippen LogP contribution in [0.5, 0.6) is 0 Å². The molecule has 0 rings (SSSR count). The van der Waals surface area contributed by atoms with Gasteiger partial charge in [-0.2, -0.15) is 0 Å². The van der Waals surface area contributed by atoms with E-state index < -0.39 is 20.0 Å². The molecule has 0 fully saturated rings. The Morgan fingerprint density at radius 3 is 1.68 bits per heavy atom. The molecular formula is C31H66N2O6P+. The third-order valence-electron chi connectivity index (χ3n) is 7.36. The van der Waals surface area contributed by atoms with Crippen molar-refractivity contribution in [1.29, 1.82) is 0 Å². The van der Waals surface area contributed by atoms with Crippen molar-refractivity contribution in [2.24, 2.45) is 0 Å². The molecule has 3 unspecified atom stereocenters. The fourth-order valence-corrected chi connectivity index (χ4v) is 5.37. The standard InChI is InChI=1S/C31H65N2O6P/c1-6-8-10-12-14-15-16-17-18-19-20-22-24-30(34)29(32-31(35)25-23-21-13-11-9-7-2)28-39-40(36,37)38-27-26-33(3,4)5/h29-30,34H,6-28H2,1-5H3,(H-,32,35,36,37)/p+1. The van der Waals surface area contributed by atoms with Crippen molar-refractivity contribution in [3.63, 3.8) is 0 Å². The molecule has 0 aromatic heterocycles. The number of carbonyl (C=O) groups is 1. The number of aliphatic hydroxyl groups excluding tert-OH is 1. The number of hydrogen-bond donors (Lipinski definition) is 3. The Kier molecular flexibility index (Phi) is 24.7. The van der Waals surface area contributed by atoms with Crippen LogP contribution in [0.25, 0.3) is 0 Å². The van der Waals surface area contributed by atoms with Crippen molar-refractivity contribution in [3.8, 4) is 0 Å². The van der Waals surface area contributed by atoms with Crippen molar-refractivity contribution in [3.05, 3.63) is 0 Å². The lowest BCUT2D eigenvalue weighted by atomic mass is 10.0. The maximum Gasteiger partial charge on any atom is 0.472 e. The molecule has 9 heteroatoms. The normalized spacial score (nSPS) is 15.1. The number of unbranched alkanes of at least 4 members (excludes halogenated alkanes) is 16. The molecule has 240 valence electrons. The van der Waals surface area contributed by atoms with E-state index in [4.69, 9.17) is 9.05 Å². The van der Waals surface area contributed by atoms with Gasteiger partial charge in [-0.05, 0) is 12.8 Å². The van der Waals surface area contributed by atoms with Gasteiger partial charge in [0.25, 0.3) is 0 Å². The molecule has 3 N–H and O–H groups in total. The monoisotopic (exact) mass is 593 g/mol. The van der Waals surface area contributed by atoms with Gasteiger partial charge in [0, 0.05) is 6.42 Å². The largest absolute Gasteiger partial charge is 0.472 e. The highest BCUT2D eigenvalue weighted by Crippen LogP contribution is 2.43. The zero-order valence-corrected chi connectivity index (χ0v) is 27.7. The molecule has 0 bridgehead atoms. The molecule has 0 heterocycles. The zero-order chi connectivity index (χ0) is 30.1. The molecule has 0 aliphatic rings. The van der Waals surface area contributed by atoms with Crippen molar-refractivity contribution in [1.82, 2.24) is 5.32 Å². The highest BCUT2D eigenvalue weighted by atomic mass is 31.2. The third-order valence-corrected chi connectivity index (χ3v) is 8.34. The smallest absolute Gasteiger partial charge is 0.391 e. The summed E-state index contributed by atoms with van der Waals surface area (Å²) in [5.41, 5.74) is 0. The first kappa shape index (κ1) is 39.5. The molecule has 0 aliphatic heterocycles. The number of rotatable bonds is 29. The molecule has 0 saturated carbocycles. The summed E-state index contributed by atoms with van der Waals surface area (Å²) in [6.45, 7) is 4.79. The van der Waals surface area contributed by atoms with E-state index in [1.54, 1.807) is 0 Å². The first-order valence-electron chi connectivity index (χ1n) is 16.4. The van der Waals surface area contributed by atoms with Gasteiger partial charge in [-0.25, -0.2) is 4.57 Å². The Balaban J connectivity index is 4.50. The number of likely N-dealkylation sites (N-methyl/N-ethyl adjacent to an activating group) is 1. The summed E-state index contributed by atoms with van der Waals surface area (Å²) in [6, 6.07) is -0.747. The molecule has 0 aromatic rings. The second-order valence-corrected chi connectivity index (χ2v) is 14.0. The molecule has 1 amide bonds. The fraction of sp³-hybridized carbons (Fsp3) is 0.968. The van der Waals surface area contributed by atoms with E-state index in [1.165, 1.54) is 77.0 Å². The Morgan fingerprint density at radius 1 is 0.750 bits per heavy atom. The Hall–Kier alpha value is -0.500. The summed E-state index contributed by atoms with van der Waals surface area (Å²) in [4.78, 5) is 22.7. The lowest BCUT2D eigenvalue weighted by Crippen LogP contribution is -2.46. The van der Waals surface area contributed by atoms with Gasteiger partial charge >= 0.3 is 7.82 Å². The number of hydrogen-bond acceptors (Lipinski definition) is 5. The Bertz CT molecular complexity index is 644. The van der Waals surface area contributed by atoms with Gasteiger partial charge in [-0.15, -0.1) is 0 Å². The van der Waals surface area contributed by atoms with Crippen LogP contribution in [0.4, 0.5) is 0 Å². The molecular weight excluding hydrogens is 527 g/mol. The molecule has 0 radical (unpaired) electrons. The topological polar surface area (TPSA) is 105 Å². The SMILES string of the molecule is CCCCCCCCCCCCCCC(O)C(COP(=O)(O)OCC[N+](C)(C)C)NC(=O)CCCCCCCC. The van der Waals surface area contributed by atoms with Gasteiger partial charge in [0.05, 0.1) is 39.9 Å². The van der Waals surface area contributed by atoms with Crippen LogP contribution in [0, 0.1) is 0 Å². The van der Waals surface area contributed by atoms with E-state index in [1.807, 2.05) is 21.1 Å². The van der Waals surface area contributed by atoms with Crippen molar-refractivity contribution < 1.29 is 32.9 Å². The number of nitrogens with zero attached hydrogens (tertiary/aromatic N) is 1. The molecule has 0 spiro atoms. The van der Waals surface area contributed by atoms with Crippen LogP contribution in [0.2, 0.25) is 0 Å². The van der Waals surface area contributed by atoms with E-state index in [2.05, 4.69) is 19.2 Å². The molecule has 0 aromatic carbocycles. The van der Waals surface area contributed by atoms with E-state index in [0.717, 1.165) is 38.5 Å². The number of quaternary nitrogens is 1. The average molecular weight is 594 g/mol. The van der Waals surface area contributed by atoms with Crippen molar-refractivity contribution in [2.75, 3.05) is 40.9 Å². The van der Waals surface area contributed by atoms with Crippen LogP contribution in [0.3, 0.4) is 0 Å². The minimum absolute atomic E-state index is 0.0771. The number of phosphoric ester groups is 1. The van der Waals surface area contributed by atoms with Crippen molar-refractivity contribution >= 4 is 13.7 Å². The van der Waals surface area contributed by atoms with Crippen LogP contribution < -0.4 is 5.32 Å². The summed E-state index contributed by atoms with van der Waals surface area (Å²) in [5.74, 6) is -0.156. The van der Waals surface area contributed by atoms with Gasteiger partial charge < -0.3 is 19.8 Å². The molecule has 0 aliphatic carbocycles. The first-order valence-corrected chi connectivity index (χ1v) is 17.9. The highest BCUT2D eigenvalue weighted by Gasteiger charge is 2.28. The summed E-state index contributed by atoms with van der Waals surface area (Å²) < 4.78 is 23.3. The minimum Gasteiger partial charge on any atom is -0.391 e. The second kappa shape index (κ2) is 25.0. The molecule has 3 atom stereocenters. The number of phosphoric acid groups is 1. The fourth-order valence-electron chi connectivity index (χ4n) is 4.63. The predicted molar refractivity (Wildman–Crippen MR) is 166 cm³/mol. The molecule has 8 nitrogen and oxygen atoms in total. The van der Waals surface area contributed by atoms with Crippen molar-refractivity contribution in [2.45, 2.75) is 154 Å². The number of aliphatic hydroxyl groups is 1. The zero-order valence-electron chi connectivity index (χ0n) is 26.8. The molecule has 40 heavy (non-hydrogen) atoms. The maximum atomic E-state index is 12.6. The first-order chi connectivity index (χ1) is 19.0. The number of nitrogens with one attached hydrogen (secondary N) is 1. The lowest BCUT2D eigenvalue weighted by molar-refractivity contribution is -0.870. The van der Waals surface area contributed by atoms with E-state index in [-0.39, 0.29) is 19.1 Å². The number of amides is 1. The van der Waals surface area contributed by atoms with E-state index in [9.17, 15) is 19.4 Å². The third kappa shape index (κ3) is 26.4. The summed E-state index contributed by atoms with van der Waals surface area (Å²) in [6.07, 6.45) is 21.4. The highest BCUT2D eigenvalue weighted by molar-refractivity contribution is 7.47. The summed E-state index contributed by atoms with van der Waals surface area (Å²) in [5, 5.41) is 13.7. The maximum absolute atomic E-state index is 12.6. The van der Waals surface area contributed by atoms with Crippen LogP contribution in [0.1, 0.15) is 142 Å². The number of carbonyl (C=O) groups excluding carboxylic acids is 1. The van der Waals surface area contributed by atoms with Crippen LogP contribution in [-0.2, 0) is 18.4 Å². The Morgan fingerprint density at radius 2 is 1.20 bits per heavy atom. The van der Waals surface area contributed by atoms with Crippen LogP contribution >= 0.6 is 7.82 Å². The summed E-state index contributed by atoms with van der Waals surface area (Å²) >= 11 is 0. The Labute approximate surface area is 247 Å². The second-order valence-electron chi connectivity index (χ2n) is 12.5. The van der Waals surface area contributed by atoms with E-state index >= 15 is 0 Å². The van der Waals surface area contributed by atoms with Gasteiger partial charge in [0.2, 0.25) is 5.91 Å². The van der Waals surface area contributed by atoms with Gasteiger partial charge in [0.15, 0.2) is 0 Å². The molecule has 0 saturated heterocycles.